The Hall–Kier alpha value is -2.38. The molecule has 1 aromatic carbocycles. The van der Waals surface area contributed by atoms with Crippen LogP contribution in [-0.2, 0) is 9.53 Å². The van der Waals surface area contributed by atoms with Gasteiger partial charge in [0.2, 0.25) is 5.91 Å². The van der Waals surface area contributed by atoms with Gasteiger partial charge in [0.25, 0.3) is 0 Å². The molecule has 5 rings (SSSR count). The Morgan fingerprint density at radius 2 is 2.07 bits per heavy atom. The van der Waals surface area contributed by atoms with Gasteiger partial charge in [-0.2, -0.15) is 0 Å². The smallest absolute Gasteiger partial charge is 0.340 e. The lowest BCUT2D eigenvalue weighted by atomic mass is 9.79. The summed E-state index contributed by atoms with van der Waals surface area (Å²) in [6.07, 6.45) is 3.73. The number of amidine groups is 1. The van der Waals surface area contributed by atoms with E-state index < -0.39 is 0 Å². The van der Waals surface area contributed by atoms with Gasteiger partial charge in [0.05, 0.1) is 11.5 Å². The number of aromatic nitrogens is 1. The number of esters is 1. The van der Waals surface area contributed by atoms with Gasteiger partial charge in [-0.1, -0.05) is 18.2 Å². The Morgan fingerprint density at radius 1 is 1.28 bits per heavy atom. The molecule has 3 aliphatic rings. The number of hydrogen-bond acceptors (Lipinski definition) is 5. The fraction of sp³-hybridized carbons (Fsp3) is 0.476. The number of para-hydroxylation sites is 1. The highest BCUT2D eigenvalue weighted by Crippen LogP contribution is 2.57. The summed E-state index contributed by atoms with van der Waals surface area (Å²) in [4.78, 5) is 30.4. The van der Waals surface area contributed by atoms with Crippen LogP contribution in [0.2, 0.25) is 0 Å². The Balaban J connectivity index is 0.00000205. The normalized spacial score (nSPS) is 30.0. The van der Waals surface area contributed by atoms with E-state index in [4.69, 9.17) is 15.9 Å². The summed E-state index contributed by atoms with van der Waals surface area (Å²) >= 11 is 0. The van der Waals surface area contributed by atoms with E-state index in [1.807, 2.05) is 24.3 Å². The van der Waals surface area contributed by atoms with Gasteiger partial charge in [0, 0.05) is 35.5 Å². The maximum Gasteiger partial charge on any atom is 0.340 e. The molecule has 5 unspecified atom stereocenters. The van der Waals surface area contributed by atoms with Crippen LogP contribution in [0.4, 0.5) is 0 Å². The number of aromatic amines is 1. The van der Waals surface area contributed by atoms with E-state index in [0.29, 0.717) is 30.9 Å². The molecular weight excluding hydrogens is 392 g/mol. The minimum absolute atomic E-state index is 0. The van der Waals surface area contributed by atoms with Crippen LogP contribution in [0.5, 0.6) is 0 Å². The summed E-state index contributed by atoms with van der Waals surface area (Å²) in [5.74, 6) is 0.145. The number of amides is 1. The number of carbonyl (C=O) groups is 2. The molecule has 5 atom stereocenters. The second kappa shape index (κ2) is 7.46. The van der Waals surface area contributed by atoms with Crippen molar-refractivity contribution in [2.45, 2.75) is 25.4 Å². The molecule has 2 bridgehead atoms. The third-order valence-corrected chi connectivity index (χ3v) is 6.75. The van der Waals surface area contributed by atoms with Crippen LogP contribution in [0, 0.1) is 29.1 Å². The Bertz CT molecular complexity index is 974. The molecule has 1 saturated heterocycles. The van der Waals surface area contributed by atoms with Gasteiger partial charge >= 0.3 is 5.97 Å². The molecule has 7 nitrogen and oxygen atoms in total. The number of carbonyl (C=O) groups excluding carboxylic acids is 2. The van der Waals surface area contributed by atoms with E-state index in [1.54, 1.807) is 11.1 Å². The van der Waals surface area contributed by atoms with Crippen LogP contribution >= 0.6 is 12.4 Å². The predicted octanol–water partition coefficient (Wildman–Crippen LogP) is 2.56. The number of likely N-dealkylation sites (tertiary alicyclic amines) is 1. The minimum atomic E-state index is -0.341. The summed E-state index contributed by atoms with van der Waals surface area (Å²) < 4.78 is 5.89. The van der Waals surface area contributed by atoms with Crippen LogP contribution in [0.1, 0.15) is 29.6 Å². The molecule has 1 aromatic heterocycles. The molecule has 2 aliphatic carbocycles. The van der Waals surface area contributed by atoms with Crippen LogP contribution in [0.3, 0.4) is 0 Å². The number of nitrogens with zero attached hydrogens (tertiary/aromatic N) is 1. The fourth-order valence-corrected chi connectivity index (χ4v) is 5.57. The molecule has 2 aromatic rings. The second-order valence-corrected chi connectivity index (χ2v) is 8.16. The molecule has 0 radical (unpaired) electrons. The van der Waals surface area contributed by atoms with Crippen LogP contribution in [-0.4, -0.2) is 46.8 Å². The number of hydrogen-bond donors (Lipinski definition) is 3. The van der Waals surface area contributed by atoms with Crippen molar-refractivity contribution in [2.75, 3.05) is 13.1 Å². The Morgan fingerprint density at radius 3 is 2.86 bits per heavy atom. The van der Waals surface area contributed by atoms with Crippen LogP contribution in [0.25, 0.3) is 10.9 Å². The first kappa shape index (κ1) is 19.9. The molecule has 0 spiro atoms. The van der Waals surface area contributed by atoms with Crippen molar-refractivity contribution in [1.29, 1.82) is 5.41 Å². The third-order valence-electron chi connectivity index (χ3n) is 6.75. The van der Waals surface area contributed by atoms with Gasteiger partial charge in [-0.25, -0.2) is 4.79 Å². The summed E-state index contributed by atoms with van der Waals surface area (Å²) in [5, 5.41) is 9.31. The first-order valence-corrected chi connectivity index (χ1v) is 9.97. The molecule has 8 heteroatoms. The Kier molecular flexibility index (Phi) is 5.12. The number of H-pyrrole nitrogens is 1. The maximum absolute atomic E-state index is 12.9. The molecule has 29 heavy (non-hydrogen) atoms. The number of ether oxygens (including phenoxy) is 1. The van der Waals surface area contributed by atoms with Gasteiger partial charge in [0.1, 0.15) is 11.9 Å². The standard InChI is InChI=1S/C21H24N4O3.ClH/c22-6-3-7-25-19(23)17-11-8-13(18(17)20(25)26)16(9-11)28-21(27)14-10-24-15-5-2-1-4-12(14)15;/h1-2,4-5,10-11,13,16-18,23-24H,3,6-9,22H2;1H. The lowest BCUT2D eigenvalue weighted by Crippen LogP contribution is -2.36. The number of nitrogens with one attached hydrogen (secondary N) is 2. The van der Waals surface area contributed by atoms with Crippen molar-refractivity contribution in [3.05, 3.63) is 36.0 Å². The number of fused-ring (bicyclic) bond motifs is 6. The first-order valence-electron chi connectivity index (χ1n) is 9.97. The SMILES string of the molecule is Cl.N=C1C2C3CC(OC(=O)c4c[nH]c5ccccc45)C(C3)C2C(=O)N1CCCN. The molecular formula is C21H25ClN4O3. The van der Waals surface area contributed by atoms with Gasteiger partial charge in [0.15, 0.2) is 0 Å². The second-order valence-electron chi connectivity index (χ2n) is 8.16. The van der Waals surface area contributed by atoms with Crippen molar-refractivity contribution in [3.8, 4) is 0 Å². The Labute approximate surface area is 174 Å². The average Bonchev–Trinajstić information content (AvgIpc) is 3.43. The van der Waals surface area contributed by atoms with E-state index in [2.05, 4.69) is 4.98 Å². The number of halogens is 1. The minimum Gasteiger partial charge on any atom is -0.458 e. The first-order chi connectivity index (χ1) is 13.6. The molecule has 1 amide bonds. The molecule has 1 aliphatic heterocycles. The monoisotopic (exact) mass is 416 g/mol. The van der Waals surface area contributed by atoms with Gasteiger partial charge in [-0.3, -0.25) is 10.2 Å². The van der Waals surface area contributed by atoms with Gasteiger partial charge in [-0.05, 0) is 37.8 Å². The van der Waals surface area contributed by atoms with Crippen molar-refractivity contribution in [2.24, 2.45) is 29.4 Å². The van der Waals surface area contributed by atoms with Crippen molar-refractivity contribution < 1.29 is 14.3 Å². The van der Waals surface area contributed by atoms with Crippen molar-refractivity contribution >= 4 is 41.0 Å². The van der Waals surface area contributed by atoms with E-state index in [-0.39, 0.29) is 54.1 Å². The molecule has 4 N–H and O–H groups in total. The van der Waals surface area contributed by atoms with Crippen LogP contribution < -0.4 is 5.73 Å². The molecule has 2 heterocycles. The van der Waals surface area contributed by atoms with E-state index in [1.165, 1.54) is 0 Å². The number of rotatable bonds is 5. The topological polar surface area (TPSA) is 112 Å². The van der Waals surface area contributed by atoms with E-state index in [9.17, 15) is 9.59 Å². The van der Waals surface area contributed by atoms with Crippen molar-refractivity contribution in [3.63, 3.8) is 0 Å². The maximum atomic E-state index is 12.9. The lowest BCUT2D eigenvalue weighted by Gasteiger charge is -2.28. The zero-order valence-corrected chi connectivity index (χ0v) is 16.8. The summed E-state index contributed by atoms with van der Waals surface area (Å²) in [6.45, 7) is 1.02. The fourth-order valence-electron chi connectivity index (χ4n) is 5.57. The zero-order chi connectivity index (χ0) is 19.4. The quantitative estimate of drug-likeness (QED) is 0.650. The van der Waals surface area contributed by atoms with E-state index >= 15 is 0 Å². The predicted molar refractivity (Wildman–Crippen MR) is 111 cm³/mol. The zero-order valence-electron chi connectivity index (χ0n) is 16.0. The van der Waals surface area contributed by atoms with Gasteiger partial charge < -0.3 is 20.4 Å². The molecule has 154 valence electrons. The summed E-state index contributed by atoms with van der Waals surface area (Å²) in [5.41, 5.74) is 7.01. The molecule has 3 fully saturated rings. The van der Waals surface area contributed by atoms with Crippen molar-refractivity contribution in [1.82, 2.24) is 9.88 Å². The third kappa shape index (κ3) is 2.95. The number of nitrogens with two attached hydrogens (primary N) is 1. The number of benzene rings is 1. The largest absolute Gasteiger partial charge is 0.458 e. The van der Waals surface area contributed by atoms with Crippen LogP contribution in [0.15, 0.2) is 30.5 Å². The average molecular weight is 417 g/mol. The molecule has 2 saturated carbocycles. The summed E-state index contributed by atoms with van der Waals surface area (Å²) in [6, 6.07) is 7.64. The highest BCUT2D eigenvalue weighted by molar-refractivity contribution is 6.07. The van der Waals surface area contributed by atoms with E-state index in [0.717, 1.165) is 23.7 Å². The highest BCUT2D eigenvalue weighted by Gasteiger charge is 2.63. The lowest BCUT2D eigenvalue weighted by molar-refractivity contribution is -0.132. The van der Waals surface area contributed by atoms with Gasteiger partial charge in [-0.15, -0.1) is 12.4 Å². The highest BCUT2D eigenvalue weighted by atomic mass is 35.5. The summed E-state index contributed by atoms with van der Waals surface area (Å²) in [7, 11) is 0.